The Kier molecular flexibility index (Phi) is 3.33. The van der Waals surface area contributed by atoms with Gasteiger partial charge in [0.2, 0.25) is 0 Å². The SMILES string of the molecule is CSc1ccc(-c2ncc(-c3ccncc3)[nH]2)cc1. The second-order valence-corrected chi connectivity index (χ2v) is 4.99. The fourth-order valence-corrected chi connectivity index (χ4v) is 2.30. The van der Waals surface area contributed by atoms with Gasteiger partial charge in [0.25, 0.3) is 0 Å². The normalized spacial score (nSPS) is 10.6. The van der Waals surface area contributed by atoms with Crippen LogP contribution in [0.25, 0.3) is 22.6 Å². The summed E-state index contributed by atoms with van der Waals surface area (Å²) in [5.41, 5.74) is 3.19. The molecule has 1 aromatic carbocycles. The lowest BCUT2D eigenvalue weighted by Crippen LogP contribution is -1.81. The highest BCUT2D eigenvalue weighted by Crippen LogP contribution is 2.23. The van der Waals surface area contributed by atoms with E-state index in [4.69, 9.17) is 0 Å². The van der Waals surface area contributed by atoms with E-state index in [-0.39, 0.29) is 0 Å². The molecule has 2 aromatic heterocycles. The van der Waals surface area contributed by atoms with Crippen molar-refractivity contribution in [2.24, 2.45) is 0 Å². The molecule has 0 spiro atoms. The maximum absolute atomic E-state index is 4.44. The minimum absolute atomic E-state index is 0.888. The van der Waals surface area contributed by atoms with Gasteiger partial charge >= 0.3 is 0 Å². The first-order chi connectivity index (χ1) is 9.36. The fourth-order valence-electron chi connectivity index (χ4n) is 1.89. The molecular formula is C15H13N3S. The lowest BCUT2D eigenvalue weighted by atomic mass is 10.2. The third kappa shape index (κ3) is 2.53. The highest BCUT2D eigenvalue weighted by molar-refractivity contribution is 7.98. The van der Waals surface area contributed by atoms with Crippen LogP contribution in [0, 0.1) is 0 Å². The second kappa shape index (κ2) is 5.28. The van der Waals surface area contributed by atoms with Gasteiger partial charge in [0, 0.05) is 28.4 Å². The van der Waals surface area contributed by atoms with Crippen molar-refractivity contribution in [1.29, 1.82) is 0 Å². The molecule has 0 amide bonds. The van der Waals surface area contributed by atoms with Gasteiger partial charge in [-0.2, -0.15) is 0 Å². The molecule has 0 atom stereocenters. The zero-order valence-corrected chi connectivity index (χ0v) is 11.3. The number of benzene rings is 1. The Morgan fingerprint density at radius 2 is 1.68 bits per heavy atom. The zero-order valence-electron chi connectivity index (χ0n) is 10.5. The van der Waals surface area contributed by atoms with Crippen molar-refractivity contribution in [2.45, 2.75) is 4.90 Å². The topological polar surface area (TPSA) is 41.6 Å². The molecule has 3 aromatic rings. The lowest BCUT2D eigenvalue weighted by molar-refractivity contribution is 1.29. The molecule has 0 aliphatic carbocycles. The Balaban J connectivity index is 1.92. The van der Waals surface area contributed by atoms with Crippen LogP contribution >= 0.6 is 11.8 Å². The minimum Gasteiger partial charge on any atom is -0.338 e. The molecule has 4 heteroatoms. The number of H-pyrrole nitrogens is 1. The number of hydrogen-bond donors (Lipinski definition) is 1. The van der Waals surface area contributed by atoms with Crippen LogP contribution in [0.15, 0.2) is 59.9 Å². The number of nitrogens with one attached hydrogen (secondary N) is 1. The van der Waals surface area contributed by atoms with Crippen molar-refractivity contribution >= 4 is 11.8 Å². The number of nitrogens with zero attached hydrogens (tertiary/aromatic N) is 2. The summed E-state index contributed by atoms with van der Waals surface area (Å²) in [6.07, 6.45) is 7.49. The van der Waals surface area contributed by atoms with Crippen molar-refractivity contribution in [3.63, 3.8) is 0 Å². The molecule has 94 valence electrons. The molecule has 2 heterocycles. The van der Waals surface area contributed by atoms with E-state index in [0.717, 1.165) is 22.6 Å². The first-order valence-electron chi connectivity index (χ1n) is 5.96. The molecule has 0 saturated heterocycles. The van der Waals surface area contributed by atoms with Crippen molar-refractivity contribution < 1.29 is 0 Å². The Labute approximate surface area is 116 Å². The largest absolute Gasteiger partial charge is 0.338 e. The standard InChI is InChI=1S/C15H13N3S/c1-19-13-4-2-12(3-5-13)15-17-10-14(18-15)11-6-8-16-9-7-11/h2-10H,1H3,(H,17,18). The van der Waals surface area contributed by atoms with Crippen LogP contribution in [-0.4, -0.2) is 21.2 Å². The lowest BCUT2D eigenvalue weighted by Gasteiger charge is -1.99. The van der Waals surface area contributed by atoms with Gasteiger partial charge < -0.3 is 4.98 Å². The van der Waals surface area contributed by atoms with Crippen LogP contribution in [0.1, 0.15) is 0 Å². The summed E-state index contributed by atoms with van der Waals surface area (Å²) in [5.74, 6) is 0.888. The van der Waals surface area contributed by atoms with Crippen molar-refractivity contribution in [3.8, 4) is 22.6 Å². The molecule has 0 saturated carbocycles. The molecule has 1 N–H and O–H groups in total. The average Bonchev–Trinajstić information content (AvgIpc) is 2.98. The predicted octanol–water partition coefficient (Wildman–Crippen LogP) is 3.86. The van der Waals surface area contributed by atoms with Gasteiger partial charge in [0.1, 0.15) is 5.82 Å². The molecule has 0 unspecified atom stereocenters. The summed E-state index contributed by atoms with van der Waals surface area (Å²) in [4.78, 5) is 13.0. The summed E-state index contributed by atoms with van der Waals surface area (Å²) in [6.45, 7) is 0. The van der Waals surface area contributed by atoms with Gasteiger partial charge in [-0.1, -0.05) is 12.1 Å². The number of hydrogen-bond acceptors (Lipinski definition) is 3. The summed E-state index contributed by atoms with van der Waals surface area (Å²) >= 11 is 1.74. The van der Waals surface area contributed by atoms with Crippen LogP contribution in [0.4, 0.5) is 0 Å². The van der Waals surface area contributed by atoms with Crippen molar-refractivity contribution in [3.05, 3.63) is 55.0 Å². The van der Waals surface area contributed by atoms with Crippen LogP contribution in [0.2, 0.25) is 0 Å². The van der Waals surface area contributed by atoms with Gasteiger partial charge in [0.05, 0.1) is 11.9 Å². The fraction of sp³-hybridized carbons (Fsp3) is 0.0667. The number of aromatic amines is 1. The monoisotopic (exact) mass is 267 g/mol. The van der Waals surface area contributed by atoms with E-state index in [9.17, 15) is 0 Å². The van der Waals surface area contributed by atoms with E-state index >= 15 is 0 Å². The Bertz CT molecular complexity index is 659. The smallest absolute Gasteiger partial charge is 0.137 e. The summed E-state index contributed by atoms with van der Waals surface area (Å²) in [6, 6.07) is 12.3. The van der Waals surface area contributed by atoms with Gasteiger partial charge in [-0.25, -0.2) is 4.98 Å². The van der Waals surface area contributed by atoms with E-state index in [1.807, 2.05) is 18.3 Å². The predicted molar refractivity (Wildman–Crippen MR) is 79.0 cm³/mol. The van der Waals surface area contributed by atoms with E-state index in [0.29, 0.717) is 0 Å². The average molecular weight is 267 g/mol. The first kappa shape index (κ1) is 12.0. The van der Waals surface area contributed by atoms with Gasteiger partial charge in [-0.15, -0.1) is 11.8 Å². The maximum Gasteiger partial charge on any atom is 0.137 e. The van der Waals surface area contributed by atoms with Crippen molar-refractivity contribution in [2.75, 3.05) is 6.26 Å². The third-order valence-electron chi connectivity index (χ3n) is 2.93. The second-order valence-electron chi connectivity index (χ2n) is 4.11. The first-order valence-corrected chi connectivity index (χ1v) is 7.19. The minimum atomic E-state index is 0.888. The van der Waals surface area contributed by atoms with Crippen molar-refractivity contribution in [1.82, 2.24) is 15.0 Å². The number of pyridine rings is 1. The molecule has 0 radical (unpaired) electrons. The highest BCUT2D eigenvalue weighted by Gasteiger charge is 2.05. The molecule has 3 rings (SSSR count). The highest BCUT2D eigenvalue weighted by atomic mass is 32.2. The van der Waals surface area contributed by atoms with Gasteiger partial charge in [0.15, 0.2) is 0 Å². The summed E-state index contributed by atoms with van der Waals surface area (Å²) in [7, 11) is 0. The third-order valence-corrected chi connectivity index (χ3v) is 3.67. The van der Waals surface area contributed by atoms with E-state index < -0.39 is 0 Å². The van der Waals surface area contributed by atoms with E-state index in [1.54, 1.807) is 24.2 Å². The number of imidazole rings is 1. The molecular weight excluding hydrogens is 254 g/mol. The molecule has 19 heavy (non-hydrogen) atoms. The van der Waals surface area contributed by atoms with Gasteiger partial charge in [-0.3, -0.25) is 4.98 Å². The van der Waals surface area contributed by atoms with Gasteiger partial charge in [-0.05, 0) is 30.5 Å². The van der Waals surface area contributed by atoms with E-state index in [2.05, 4.69) is 45.5 Å². The molecule has 0 bridgehead atoms. The molecule has 0 aliphatic rings. The van der Waals surface area contributed by atoms with Crippen LogP contribution in [0.3, 0.4) is 0 Å². The van der Waals surface area contributed by atoms with Crippen LogP contribution < -0.4 is 0 Å². The number of rotatable bonds is 3. The van der Waals surface area contributed by atoms with E-state index in [1.165, 1.54) is 4.90 Å². The number of thioether (sulfide) groups is 1. The molecule has 0 aliphatic heterocycles. The summed E-state index contributed by atoms with van der Waals surface area (Å²) < 4.78 is 0. The quantitative estimate of drug-likeness (QED) is 0.733. The van der Waals surface area contributed by atoms with Crippen LogP contribution in [0.5, 0.6) is 0 Å². The Morgan fingerprint density at radius 1 is 0.947 bits per heavy atom. The number of aromatic nitrogens is 3. The molecule has 3 nitrogen and oxygen atoms in total. The Morgan fingerprint density at radius 3 is 2.37 bits per heavy atom. The van der Waals surface area contributed by atoms with Crippen LogP contribution in [-0.2, 0) is 0 Å². The summed E-state index contributed by atoms with van der Waals surface area (Å²) in [5, 5.41) is 0. The zero-order chi connectivity index (χ0) is 13.1. The maximum atomic E-state index is 4.44. The Hall–Kier alpha value is -2.07. The molecule has 0 fully saturated rings.